The Morgan fingerprint density at radius 3 is 2.93 bits per heavy atom. The van der Waals surface area contributed by atoms with Crippen molar-refractivity contribution in [2.45, 2.75) is 22.9 Å². The van der Waals surface area contributed by atoms with Crippen LogP contribution in [0.3, 0.4) is 0 Å². The highest BCUT2D eigenvalue weighted by atomic mass is 32.2. The molecule has 0 spiro atoms. The van der Waals surface area contributed by atoms with Gasteiger partial charge in [-0.15, -0.1) is 0 Å². The number of nitrogens with zero attached hydrogens (tertiary/aromatic N) is 6. The standard InChI is InChI=1S/C18H16N6O2S/c1-22-11-15(9-19-22)27-14-2-3-16-12(6-14)8-20-24(18(16)25)10-13-7-17-23(21-13)4-5-26-17/h2-3,6-9,11H,4-5,10H2,1H3. The Bertz CT molecular complexity index is 1190. The Balaban J connectivity index is 1.44. The predicted molar refractivity (Wildman–Crippen MR) is 100 cm³/mol. The zero-order valence-corrected chi connectivity index (χ0v) is 15.4. The smallest absolute Gasteiger partial charge is 0.274 e. The summed E-state index contributed by atoms with van der Waals surface area (Å²) in [6.07, 6.45) is 5.50. The average molecular weight is 380 g/mol. The number of fused-ring (bicyclic) bond motifs is 2. The van der Waals surface area contributed by atoms with Crippen molar-refractivity contribution in [2.24, 2.45) is 7.05 Å². The van der Waals surface area contributed by atoms with E-state index >= 15 is 0 Å². The van der Waals surface area contributed by atoms with Crippen LogP contribution in [0.2, 0.25) is 0 Å². The molecule has 27 heavy (non-hydrogen) atoms. The molecule has 0 fully saturated rings. The SMILES string of the molecule is Cn1cc(Sc2ccc3c(=O)n(Cc4cc5n(n4)CCO5)ncc3c2)cn1. The van der Waals surface area contributed by atoms with Gasteiger partial charge < -0.3 is 4.74 Å². The molecule has 0 atom stereocenters. The van der Waals surface area contributed by atoms with Gasteiger partial charge >= 0.3 is 0 Å². The van der Waals surface area contributed by atoms with Gasteiger partial charge in [0.2, 0.25) is 5.88 Å². The Morgan fingerprint density at radius 2 is 2.11 bits per heavy atom. The van der Waals surface area contributed by atoms with E-state index in [0.29, 0.717) is 18.5 Å². The van der Waals surface area contributed by atoms with Crippen LogP contribution in [0.1, 0.15) is 5.69 Å². The summed E-state index contributed by atoms with van der Waals surface area (Å²) in [7, 11) is 1.89. The molecule has 1 aromatic carbocycles. The Labute approximate surface area is 158 Å². The van der Waals surface area contributed by atoms with Crippen molar-refractivity contribution in [3.63, 3.8) is 0 Å². The maximum atomic E-state index is 12.8. The van der Waals surface area contributed by atoms with E-state index in [4.69, 9.17) is 4.74 Å². The number of aryl methyl sites for hydroxylation is 1. The Kier molecular flexibility index (Phi) is 3.75. The first-order valence-corrected chi connectivity index (χ1v) is 9.33. The lowest BCUT2D eigenvalue weighted by Gasteiger charge is -2.06. The van der Waals surface area contributed by atoms with Crippen LogP contribution in [0.25, 0.3) is 10.8 Å². The molecule has 136 valence electrons. The number of benzene rings is 1. The fourth-order valence-electron chi connectivity index (χ4n) is 3.12. The molecule has 4 heterocycles. The largest absolute Gasteiger partial charge is 0.476 e. The van der Waals surface area contributed by atoms with Crippen molar-refractivity contribution in [1.29, 1.82) is 0 Å². The summed E-state index contributed by atoms with van der Waals surface area (Å²) in [5.74, 6) is 0.746. The molecule has 0 bridgehead atoms. The van der Waals surface area contributed by atoms with Crippen LogP contribution < -0.4 is 10.3 Å². The number of aromatic nitrogens is 6. The van der Waals surface area contributed by atoms with Crippen molar-refractivity contribution in [3.05, 3.63) is 58.9 Å². The molecule has 0 saturated heterocycles. The third-order valence-electron chi connectivity index (χ3n) is 4.40. The number of ether oxygens (including phenoxy) is 1. The van der Waals surface area contributed by atoms with Crippen molar-refractivity contribution in [2.75, 3.05) is 6.61 Å². The fourth-order valence-corrected chi connectivity index (χ4v) is 4.02. The second-order valence-corrected chi connectivity index (χ2v) is 7.50. The van der Waals surface area contributed by atoms with Crippen molar-refractivity contribution >= 4 is 22.5 Å². The van der Waals surface area contributed by atoms with E-state index in [9.17, 15) is 4.79 Å². The topological polar surface area (TPSA) is 79.8 Å². The van der Waals surface area contributed by atoms with Crippen LogP contribution in [0.4, 0.5) is 0 Å². The van der Waals surface area contributed by atoms with Gasteiger partial charge in [-0.3, -0.25) is 9.48 Å². The summed E-state index contributed by atoms with van der Waals surface area (Å²) in [5.41, 5.74) is 0.641. The van der Waals surface area contributed by atoms with Crippen LogP contribution in [-0.2, 0) is 20.1 Å². The summed E-state index contributed by atoms with van der Waals surface area (Å²) >= 11 is 1.60. The average Bonchev–Trinajstić information content (AvgIpc) is 3.34. The molecular formula is C18H16N6O2S. The van der Waals surface area contributed by atoms with Gasteiger partial charge in [0.1, 0.15) is 6.61 Å². The van der Waals surface area contributed by atoms with E-state index in [1.807, 2.05) is 48.4 Å². The molecular weight excluding hydrogens is 364 g/mol. The molecule has 5 rings (SSSR count). The van der Waals surface area contributed by atoms with E-state index in [-0.39, 0.29) is 5.56 Å². The molecule has 0 unspecified atom stereocenters. The minimum Gasteiger partial charge on any atom is -0.476 e. The first kappa shape index (κ1) is 16.1. The molecule has 4 aromatic rings. The predicted octanol–water partition coefficient (Wildman–Crippen LogP) is 1.92. The quantitative estimate of drug-likeness (QED) is 0.538. The van der Waals surface area contributed by atoms with Gasteiger partial charge in [0.25, 0.3) is 5.56 Å². The minimum atomic E-state index is -0.125. The molecule has 0 amide bonds. The number of rotatable bonds is 4. The van der Waals surface area contributed by atoms with Crippen molar-refractivity contribution in [3.8, 4) is 5.88 Å². The molecule has 1 aliphatic rings. The maximum Gasteiger partial charge on any atom is 0.274 e. The molecule has 0 saturated carbocycles. The van der Waals surface area contributed by atoms with Crippen LogP contribution >= 0.6 is 11.8 Å². The summed E-state index contributed by atoms with van der Waals surface area (Å²) in [4.78, 5) is 14.9. The van der Waals surface area contributed by atoms with Gasteiger partial charge in [-0.05, 0) is 18.2 Å². The van der Waals surface area contributed by atoms with Crippen LogP contribution in [0, 0.1) is 0 Å². The highest BCUT2D eigenvalue weighted by Crippen LogP contribution is 2.28. The van der Waals surface area contributed by atoms with Gasteiger partial charge in [0.05, 0.1) is 41.5 Å². The zero-order valence-electron chi connectivity index (χ0n) is 14.6. The van der Waals surface area contributed by atoms with Crippen molar-refractivity contribution in [1.82, 2.24) is 29.3 Å². The van der Waals surface area contributed by atoms with Gasteiger partial charge in [-0.1, -0.05) is 11.8 Å². The van der Waals surface area contributed by atoms with Gasteiger partial charge in [0, 0.05) is 29.6 Å². The second-order valence-electron chi connectivity index (χ2n) is 6.35. The lowest BCUT2D eigenvalue weighted by Crippen LogP contribution is -2.23. The van der Waals surface area contributed by atoms with Gasteiger partial charge in [0.15, 0.2) is 0 Å². The first-order valence-electron chi connectivity index (χ1n) is 8.52. The number of hydrogen-bond donors (Lipinski definition) is 0. The fraction of sp³-hybridized carbons (Fsp3) is 0.222. The lowest BCUT2D eigenvalue weighted by atomic mass is 10.2. The van der Waals surface area contributed by atoms with Crippen LogP contribution in [0.15, 0.2) is 57.4 Å². The molecule has 1 aliphatic heterocycles. The molecule has 8 nitrogen and oxygen atoms in total. The molecule has 0 N–H and O–H groups in total. The summed E-state index contributed by atoms with van der Waals surface area (Å²) in [5, 5.41) is 14.4. The molecule has 0 aliphatic carbocycles. The normalized spacial score (nSPS) is 13.1. The zero-order chi connectivity index (χ0) is 18.4. The van der Waals surface area contributed by atoms with Crippen LogP contribution in [-0.4, -0.2) is 35.9 Å². The van der Waals surface area contributed by atoms with Gasteiger partial charge in [-0.25, -0.2) is 9.36 Å². The van der Waals surface area contributed by atoms with Crippen molar-refractivity contribution < 1.29 is 4.74 Å². The second kappa shape index (κ2) is 6.27. The maximum absolute atomic E-state index is 12.8. The minimum absolute atomic E-state index is 0.125. The third-order valence-corrected chi connectivity index (χ3v) is 5.34. The third kappa shape index (κ3) is 2.99. The summed E-state index contributed by atoms with van der Waals surface area (Å²) in [6, 6.07) is 7.64. The van der Waals surface area contributed by atoms with E-state index < -0.39 is 0 Å². The van der Waals surface area contributed by atoms with Gasteiger partial charge in [-0.2, -0.15) is 15.3 Å². The molecule has 9 heteroatoms. The highest BCUT2D eigenvalue weighted by molar-refractivity contribution is 7.99. The Hall–Kier alpha value is -3.07. The lowest BCUT2D eigenvalue weighted by molar-refractivity contribution is 0.356. The molecule has 0 radical (unpaired) electrons. The summed E-state index contributed by atoms with van der Waals surface area (Å²) < 4.78 is 10.5. The first-order chi connectivity index (χ1) is 13.2. The number of hydrogen-bond acceptors (Lipinski definition) is 6. The summed E-state index contributed by atoms with van der Waals surface area (Å²) in [6.45, 7) is 1.72. The van der Waals surface area contributed by atoms with E-state index in [1.54, 1.807) is 22.6 Å². The monoisotopic (exact) mass is 380 g/mol. The molecule has 3 aromatic heterocycles. The Morgan fingerprint density at radius 1 is 1.19 bits per heavy atom. The van der Waals surface area contributed by atoms with E-state index in [1.165, 1.54) is 4.68 Å². The van der Waals surface area contributed by atoms with E-state index in [0.717, 1.165) is 33.3 Å². The van der Waals surface area contributed by atoms with Crippen LogP contribution in [0.5, 0.6) is 5.88 Å². The van der Waals surface area contributed by atoms with E-state index in [2.05, 4.69) is 15.3 Å². The highest BCUT2D eigenvalue weighted by Gasteiger charge is 2.16.